The van der Waals surface area contributed by atoms with Gasteiger partial charge in [0.15, 0.2) is 11.6 Å². The number of rotatable bonds is 2. The summed E-state index contributed by atoms with van der Waals surface area (Å²) in [6, 6.07) is 7.93. The van der Waals surface area contributed by atoms with E-state index < -0.39 is 0 Å². The van der Waals surface area contributed by atoms with E-state index in [-0.39, 0.29) is 0 Å². The van der Waals surface area contributed by atoms with Crippen LogP contribution >= 0.6 is 11.3 Å². The van der Waals surface area contributed by atoms with E-state index in [0.717, 1.165) is 50.6 Å². The van der Waals surface area contributed by atoms with E-state index in [1.165, 1.54) is 11.3 Å². The Morgan fingerprint density at radius 2 is 2.08 bits per heavy atom. The second-order valence-corrected chi connectivity index (χ2v) is 7.05. The van der Waals surface area contributed by atoms with Crippen LogP contribution in [0.15, 0.2) is 30.5 Å². The molecule has 0 saturated carbocycles. The van der Waals surface area contributed by atoms with Crippen molar-refractivity contribution >= 4 is 43.3 Å². The van der Waals surface area contributed by atoms with Gasteiger partial charge in [-0.2, -0.15) is 5.10 Å². The van der Waals surface area contributed by atoms with E-state index in [1.54, 1.807) is 0 Å². The Morgan fingerprint density at radius 3 is 2.96 bits per heavy atom. The van der Waals surface area contributed by atoms with Crippen molar-refractivity contribution < 1.29 is 4.74 Å². The lowest BCUT2D eigenvalue weighted by atomic mass is 10.1. The Hall–Kier alpha value is -2.71. The molecular formula is C17H16N6OS. The number of ether oxygens (including phenoxy) is 1. The van der Waals surface area contributed by atoms with Crippen molar-refractivity contribution in [3.63, 3.8) is 0 Å². The van der Waals surface area contributed by atoms with Gasteiger partial charge in [-0.15, -0.1) is 11.3 Å². The molecule has 126 valence electrons. The maximum atomic E-state index is 6.04. The number of fused-ring (bicyclic) bond motifs is 2. The Balaban J connectivity index is 1.75. The Morgan fingerprint density at radius 1 is 1.20 bits per heavy atom. The molecule has 4 heterocycles. The normalized spacial score (nSPS) is 15.3. The molecule has 0 atom stereocenters. The summed E-state index contributed by atoms with van der Waals surface area (Å²) >= 11 is 1.53. The smallest absolute Gasteiger partial charge is 0.162 e. The van der Waals surface area contributed by atoms with Crippen LogP contribution in [0.3, 0.4) is 0 Å². The van der Waals surface area contributed by atoms with Crippen LogP contribution in [0.1, 0.15) is 0 Å². The summed E-state index contributed by atoms with van der Waals surface area (Å²) in [5.41, 5.74) is 8.86. The van der Waals surface area contributed by atoms with Gasteiger partial charge >= 0.3 is 0 Å². The molecule has 5 rings (SSSR count). The zero-order chi connectivity index (χ0) is 16.8. The number of benzene rings is 1. The predicted molar refractivity (Wildman–Crippen MR) is 99.9 cm³/mol. The number of nitrogens with one attached hydrogen (secondary N) is 1. The molecule has 1 fully saturated rings. The molecular weight excluding hydrogens is 336 g/mol. The molecule has 3 aromatic heterocycles. The van der Waals surface area contributed by atoms with Crippen LogP contribution in [0.5, 0.6) is 0 Å². The SMILES string of the molecule is Nc1cc2nc(-c3cccc4[nH]ncc34)nc(N3CCOCC3)c2s1. The van der Waals surface area contributed by atoms with Crippen molar-refractivity contribution in [3.8, 4) is 11.4 Å². The molecule has 1 aliphatic heterocycles. The first-order valence-corrected chi connectivity index (χ1v) is 8.93. The largest absolute Gasteiger partial charge is 0.391 e. The molecule has 0 radical (unpaired) electrons. The second kappa shape index (κ2) is 5.68. The van der Waals surface area contributed by atoms with Gasteiger partial charge in [0.2, 0.25) is 0 Å². The summed E-state index contributed by atoms with van der Waals surface area (Å²) in [5, 5.41) is 8.90. The second-order valence-electron chi connectivity index (χ2n) is 5.97. The predicted octanol–water partition coefficient (Wildman–Crippen LogP) is 2.65. The van der Waals surface area contributed by atoms with Crippen molar-refractivity contribution in [3.05, 3.63) is 30.5 Å². The average Bonchev–Trinajstić information content (AvgIpc) is 3.26. The van der Waals surface area contributed by atoms with E-state index in [0.29, 0.717) is 19.0 Å². The molecule has 0 aliphatic carbocycles. The third-order valence-corrected chi connectivity index (χ3v) is 5.36. The third kappa shape index (κ3) is 2.41. The monoisotopic (exact) mass is 352 g/mol. The molecule has 1 saturated heterocycles. The molecule has 0 amide bonds. The lowest BCUT2D eigenvalue weighted by Crippen LogP contribution is -2.36. The van der Waals surface area contributed by atoms with E-state index in [2.05, 4.69) is 15.1 Å². The van der Waals surface area contributed by atoms with Crippen LogP contribution in [0.25, 0.3) is 32.5 Å². The molecule has 7 nitrogen and oxygen atoms in total. The first-order chi connectivity index (χ1) is 12.3. The van der Waals surface area contributed by atoms with Crippen LogP contribution < -0.4 is 10.6 Å². The number of H-pyrrole nitrogens is 1. The Kier molecular flexibility index (Phi) is 3.32. The average molecular weight is 352 g/mol. The van der Waals surface area contributed by atoms with Crippen LogP contribution in [0.2, 0.25) is 0 Å². The number of hydrogen-bond donors (Lipinski definition) is 2. The maximum Gasteiger partial charge on any atom is 0.162 e. The highest BCUT2D eigenvalue weighted by Gasteiger charge is 2.20. The minimum atomic E-state index is 0.693. The van der Waals surface area contributed by atoms with Crippen LogP contribution in [0, 0.1) is 0 Å². The Labute approximate surface area is 147 Å². The zero-order valence-electron chi connectivity index (χ0n) is 13.4. The standard InChI is InChI=1S/C17H16N6OS/c18-14-8-13-15(25-14)17(23-4-6-24-7-5-23)21-16(20-13)10-2-1-3-12-11(10)9-19-22-12/h1-3,8-9H,4-7,18H2,(H,19,22). The molecule has 8 heteroatoms. The fourth-order valence-electron chi connectivity index (χ4n) is 3.21. The van der Waals surface area contributed by atoms with Gasteiger partial charge in [-0.3, -0.25) is 5.10 Å². The van der Waals surface area contributed by atoms with Gasteiger partial charge in [0, 0.05) is 24.0 Å². The zero-order valence-corrected chi connectivity index (χ0v) is 14.2. The van der Waals surface area contributed by atoms with Gasteiger partial charge in [0.05, 0.1) is 40.1 Å². The lowest BCUT2D eigenvalue weighted by molar-refractivity contribution is 0.122. The molecule has 25 heavy (non-hydrogen) atoms. The van der Waals surface area contributed by atoms with Crippen LogP contribution in [0.4, 0.5) is 10.8 Å². The fraction of sp³-hybridized carbons (Fsp3) is 0.235. The highest BCUT2D eigenvalue weighted by molar-refractivity contribution is 7.23. The molecule has 0 unspecified atom stereocenters. The van der Waals surface area contributed by atoms with Crippen LogP contribution in [-0.2, 0) is 4.74 Å². The van der Waals surface area contributed by atoms with Crippen molar-refractivity contribution in [2.45, 2.75) is 0 Å². The van der Waals surface area contributed by atoms with Gasteiger partial charge in [-0.1, -0.05) is 12.1 Å². The number of nitrogens with zero attached hydrogens (tertiary/aromatic N) is 4. The highest BCUT2D eigenvalue weighted by Crippen LogP contribution is 2.36. The lowest BCUT2D eigenvalue weighted by Gasteiger charge is -2.28. The molecule has 0 spiro atoms. The first kappa shape index (κ1) is 14.6. The highest BCUT2D eigenvalue weighted by atomic mass is 32.1. The first-order valence-electron chi connectivity index (χ1n) is 8.12. The third-order valence-electron chi connectivity index (χ3n) is 4.41. The van der Waals surface area contributed by atoms with Crippen molar-refractivity contribution in [1.29, 1.82) is 0 Å². The van der Waals surface area contributed by atoms with Gasteiger partial charge in [0.1, 0.15) is 0 Å². The van der Waals surface area contributed by atoms with E-state index >= 15 is 0 Å². The number of nitrogen functional groups attached to an aromatic ring is 1. The van der Waals surface area contributed by atoms with Crippen LogP contribution in [-0.4, -0.2) is 46.5 Å². The summed E-state index contributed by atoms with van der Waals surface area (Å²) in [4.78, 5) is 11.9. The summed E-state index contributed by atoms with van der Waals surface area (Å²) in [6.07, 6.45) is 1.81. The summed E-state index contributed by atoms with van der Waals surface area (Å²) in [6.45, 7) is 3.05. The van der Waals surface area contributed by atoms with Crippen molar-refractivity contribution in [2.75, 3.05) is 36.9 Å². The number of morpholine rings is 1. The molecule has 1 aromatic carbocycles. The van der Waals surface area contributed by atoms with E-state index in [1.807, 2.05) is 30.5 Å². The number of hydrogen-bond acceptors (Lipinski definition) is 7. The van der Waals surface area contributed by atoms with Gasteiger partial charge in [-0.25, -0.2) is 9.97 Å². The number of anilines is 2. The van der Waals surface area contributed by atoms with Gasteiger partial charge in [-0.05, 0) is 12.1 Å². The van der Waals surface area contributed by atoms with Gasteiger partial charge in [0.25, 0.3) is 0 Å². The number of thiophene rings is 1. The number of nitrogens with two attached hydrogens (primary N) is 1. The fourth-order valence-corrected chi connectivity index (χ4v) is 4.09. The molecule has 3 N–H and O–H groups in total. The molecule has 1 aliphatic rings. The molecule has 4 aromatic rings. The quantitative estimate of drug-likeness (QED) is 0.576. The van der Waals surface area contributed by atoms with Gasteiger partial charge < -0.3 is 15.4 Å². The number of aromatic nitrogens is 4. The van der Waals surface area contributed by atoms with E-state index in [9.17, 15) is 0 Å². The van der Waals surface area contributed by atoms with Crippen molar-refractivity contribution in [2.24, 2.45) is 0 Å². The molecule has 0 bridgehead atoms. The minimum Gasteiger partial charge on any atom is -0.391 e. The van der Waals surface area contributed by atoms with Crippen molar-refractivity contribution in [1.82, 2.24) is 20.2 Å². The maximum absolute atomic E-state index is 6.04. The number of aromatic amines is 1. The Bertz CT molecular complexity index is 1070. The topological polar surface area (TPSA) is 93.0 Å². The summed E-state index contributed by atoms with van der Waals surface area (Å²) < 4.78 is 6.51. The summed E-state index contributed by atoms with van der Waals surface area (Å²) in [5.74, 6) is 1.63. The summed E-state index contributed by atoms with van der Waals surface area (Å²) in [7, 11) is 0. The minimum absolute atomic E-state index is 0.693. The van der Waals surface area contributed by atoms with E-state index in [4.69, 9.17) is 20.4 Å².